The molecule has 0 unspecified atom stereocenters. The SMILES string of the molecule is COC(=O)c1cccc(C(=O)NC(=S)Nc2ccccc2C(=O)NC2CCCCC2)c1. The number of carbonyl (C=O) groups is 3. The molecule has 0 bridgehead atoms. The van der Waals surface area contributed by atoms with Crippen molar-refractivity contribution in [3.63, 3.8) is 0 Å². The lowest BCUT2D eigenvalue weighted by Crippen LogP contribution is -2.37. The van der Waals surface area contributed by atoms with Crippen LogP contribution in [0.15, 0.2) is 48.5 Å². The number of amides is 2. The fourth-order valence-electron chi connectivity index (χ4n) is 3.53. The van der Waals surface area contributed by atoms with Gasteiger partial charge in [-0.1, -0.05) is 37.5 Å². The van der Waals surface area contributed by atoms with Gasteiger partial charge in [0.05, 0.1) is 23.9 Å². The minimum absolute atomic E-state index is 0.0476. The molecule has 0 atom stereocenters. The van der Waals surface area contributed by atoms with E-state index in [0.29, 0.717) is 11.3 Å². The smallest absolute Gasteiger partial charge is 0.337 e. The Kier molecular flexibility index (Phi) is 7.72. The van der Waals surface area contributed by atoms with Gasteiger partial charge >= 0.3 is 5.97 Å². The van der Waals surface area contributed by atoms with E-state index in [1.165, 1.54) is 19.6 Å². The second kappa shape index (κ2) is 10.7. The lowest BCUT2D eigenvalue weighted by molar-refractivity contribution is 0.0600. The predicted octanol–water partition coefficient (Wildman–Crippen LogP) is 3.66. The van der Waals surface area contributed by atoms with E-state index in [1.54, 1.807) is 42.5 Å². The number of hydrogen-bond donors (Lipinski definition) is 3. The van der Waals surface area contributed by atoms with Crippen molar-refractivity contribution in [1.29, 1.82) is 0 Å². The zero-order chi connectivity index (χ0) is 22.2. The monoisotopic (exact) mass is 439 g/mol. The maximum absolute atomic E-state index is 12.8. The Morgan fingerprint density at radius 2 is 1.65 bits per heavy atom. The summed E-state index contributed by atoms with van der Waals surface area (Å²) in [5, 5.41) is 8.63. The first-order valence-corrected chi connectivity index (χ1v) is 10.6. The Bertz CT molecular complexity index is 986. The van der Waals surface area contributed by atoms with Crippen molar-refractivity contribution in [3.05, 3.63) is 65.2 Å². The number of para-hydroxylation sites is 1. The molecule has 1 aliphatic rings. The number of hydrogen-bond acceptors (Lipinski definition) is 5. The molecule has 1 aliphatic carbocycles. The molecule has 0 heterocycles. The van der Waals surface area contributed by atoms with E-state index < -0.39 is 11.9 Å². The van der Waals surface area contributed by atoms with Gasteiger partial charge in [0, 0.05) is 11.6 Å². The minimum Gasteiger partial charge on any atom is -0.465 e. The minimum atomic E-state index is -0.534. The van der Waals surface area contributed by atoms with Crippen LogP contribution >= 0.6 is 12.2 Å². The van der Waals surface area contributed by atoms with Crippen molar-refractivity contribution in [2.24, 2.45) is 0 Å². The zero-order valence-corrected chi connectivity index (χ0v) is 18.1. The number of methoxy groups -OCH3 is 1. The molecule has 2 aromatic carbocycles. The summed E-state index contributed by atoms with van der Waals surface area (Å²) in [6.45, 7) is 0. The molecule has 0 spiro atoms. The standard InChI is InChI=1S/C23H25N3O4S/c1-30-22(29)16-9-7-8-15(14-16)20(27)26-23(31)25-19-13-6-5-12-18(19)21(28)24-17-10-3-2-4-11-17/h5-9,12-14,17H,2-4,10-11H2,1H3,(H,24,28)(H2,25,26,27,31). The highest BCUT2D eigenvalue weighted by Crippen LogP contribution is 2.20. The average Bonchev–Trinajstić information content (AvgIpc) is 2.79. The van der Waals surface area contributed by atoms with Gasteiger partial charge < -0.3 is 15.4 Å². The van der Waals surface area contributed by atoms with Crippen LogP contribution in [0.25, 0.3) is 0 Å². The van der Waals surface area contributed by atoms with Gasteiger partial charge in [-0.25, -0.2) is 4.79 Å². The Hall–Kier alpha value is -3.26. The summed E-state index contributed by atoms with van der Waals surface area (Å²) >= 11 is 5.26. The first-order valence-electron chi connectivity index (χ1n) is 10.2. The third-order valence-electron chi connectivity index (χ3n) is 5.13. The fraction of sp³-hybridized carbons (Fsp3) is 0.304. The van der Waals surface area contributed by atoms with Crippen molar-refractivity contribution in [3.8, 4) is 0 Å². The van der Waals surface area contributed by atoms with Crippen LogP contribution in [0.2, 0.25) is 0 Å². The highest BCUT2D eigenvalue weighted by atomic mass is 32.1. The van der Waals surface area contributed by atoms with Gasteiger partial charge in [-0.2, -0.15) is 0 Å². The summed E-state index contributed by atoms with van der Waals surface area (Å²) in [6, 6.07) is 13.3. The van der Waals surface area contributed by atoms with Crippen LogP contribution < -0.4 is 16.0 Å². The van der Waals surface area contributed by atoms with Crippen LogP contribution in [0.3, 0.4) is 0 Å². The van der Waals surface area contributed by atoms with Gasteiger partial charge in [0.2, 0.25) is 0 Å². The van der Waals surface area contributed by atoms with E-state index in [9.17, 15) is 14.4 Å². The molecule has 31 heavy (non-hydrogen) atoms. The molecular weight excluding hydrogens is 414 g/mol. The van der Waals surface area contributed by atoms with Crippen molar-refractivity contribution >= 4 is 40.8 Å². The van der Waals surface area contributed by atoms with E-state index in [2.05, 4.69) is 20.7 Å². The second-order valence-electron chi connectivity index (χ2n) is 7.33. The van der Waals surface area contributed by atoms with Crippen LogP contribution in [0.5, 0.6) is 0 Å². The van der Waals surface area contributed by atoms with Gasteiger partial charge in [-0.05, 0) is 55.4 Å². The molecule has 0 aliphatic heterocycles. The third-order valence-corrected chi connectivity index (χ3v) is 5.34. The third kappa shape index (κ3) is 6.11. The summed E-state index contributed by atoms with van der Waals surface area (Å²) in [7, 11) is 1.27. The topological polar surface area (TPSA) is 96.5 Å². The molecule has 0 aromatic heterocycles. The van der Waals surface area contributed by atoms with Crippen LogP contribution in [-0.4, -0.2) is 36.0 Å². The van der Waals surface area contributed by atoms with E-state index in [0.717, 1.165) is 25.7 Å². The van der Waals surface area contributed by atoms with Crippen LogP contribution in [0, 0.1) is 0 Å². The van der Waals surface area contributed by atoms with E-state index >= 15 is 0 Å². The van der Waals surface area contributed by atoms with Crippen molar-refractivity contribution in [2.45, 2.75) is 38.1 Å². The number of rotatable bonds is 5. The Labute approximate surface area is 186 Å². The summed E-state index contributed by atoms with van der Waals surface area (Å²) < 4.78 is 4.67. The summed E-state index contributed by atoms with van der Waals surface area (Å²) in [4.78, 5) is 36.9. The fourth-order valence-corrected chi connectivity index (χ4v) is 3.74. The molecule has 0 radical (unpaired) electrons. The second-order valence-corrected chi connectivity index (χ2v) is 7.74. The average molecular weight is 440 g/mol. The Morgan fingerprint density at radius 3 is 2.39 bits per heavy atom. The molecule has 1 fully saturated rings. The molecule has 2 aromatic rings. The highest BCUT2D eigenvalue weighted by molar-refractivity contribution is 7.80. The number of benzene rings is 2. The molecule has 7 nitrogen and oxygen atoms in total. The van der Waals surface area contributed by atoms with E-state index in [-0.39, 0.29) is 28.2 Å². The van der Waals surface area contributed by atoms with Crippen molar-refractivity contribution < 1.29 is 19.1 Å². The number of esters is 1. The van der Waals surface area contributed by atoms with Gasteiger partial charge in [0.25, 0.3) is 11.8 Å². The molecule has 0 saturated heterocycles. The Morgan fingerprint density at radius 1 is 0.935 bits per heavy atom. The van der Waals surface area contributed by atoms with Gasteiger partial charge in [0.1, 0.15) is 0 Å². The normalized spacial score (nSPS) is 13.7. The summed E-state index contributed by atoms with van der Waals surface area (Å²) in [5.41, 5.74) is 1.48. The van der Waals surface area contributed by atoms with Crippen molar-refractivity contribution in [1.82, 2.24) is 10.6 Å². The highest BCUT2D eigenvalue weighted by Gasteiger charge is 2.19. The zero-order valence-electron chi connectivity index (χ0n) is 17.3. The van der Waals surface area contributed by atoms with Crippen LogP contribution in [-0.2, 0) is 4.74 Å². The van der Waals surface area contributed by atoms with Crippen LogP contribution in [0.1, 0.15) is 63.2 Å². The summed E-state index contributed by atoms with van der Waals surface area (Å²) in [5.74, 6) is -1.18. The first kappa shape index (κ1) is 22.4. The van der Waals surface area contributed by atoms with Gasteiger partial charge in [-0.3, -0.25) is 14.9 Å². The molecule has 8 heteroatoms. The Balaban J connectivity index is 1.65. The largest absolute Gasteiger partial charge is 0.465 e. The predicted molar refractivity (Wildman–Crippen MR) is 122 cm³/mol. The number of nitrogens with one attached hydrogen (secondary N) is 3. The number of thiocarbonyl (C=S) groups is 1. The van der Waals surface area contributed by atoms with Gasteiger partial charge in [-0.15, -0.1) is 0 Å². The molecule has 1 saturated carbocycles. The van der Waals surface area contributed by atoms with Gasteiger partial charge in [0.15, 0.2) is 5.11 Å². The molecular formula is C23H25N3O4S. The van der Waals surface area contributed by atoms with Crippen LogP contribution in [0.4, 0.5) is 5.69 Å². The lowest BCUT2D eigenvalue weighted by atomic mass is 9.95. The molecule has 3 rings (SSSR count). The summed E-state index contributed by atoms with van der Waals surface area (Å²) in [6.07, 6.45) is 5.43. The maximum Gasteiger partial charge on any atom is 0.337 e. The van der Waals surface area contributed by atoms with E-state index in [1.807, 2.05) is 0 Å². The van der Waals surface area contributed by atoms with E-state index in [4.69, 9.17) is 12.2 Å². The molecule has 3 N–H and O–H groups in total. The number of anilines is 1. The number of ether oxygens (including phenoxy) is 1. The quantitative estimate of drug-likeness (QED) is 0.486. The number of carbonyl (C=O) groups excluding carboxylic acids is 3. The maximum atomic E-state index is 12.8. The first-order chi connectivity index (χ1) is 15.0. The molecule has 162 valence electrons. The molecule has 2 amide bonds. The lowest BCUT2D eigenvalue weighted by Gasteiger charge is -2.23. The van der Waals surface area contributed by atoms with Crippen molar-refractivity contribution in [2.75, 3.05) is 12.4 Å².